The van der Waals surface area contributed by atoms with Gasteiger partial charge in [-0.15, -0.1) is 0 Å². The molecule has 0 radical (unpaired) electrons. The lowest BCUT2D eigenvalue weighted by Gasteiger charge is -2.39. The third-order valence-electron chi connectivity index (χ3n) is 18.3. The third kappa shape index (κ3) is 22.6. The Bertz CT molecular complexity index is 3000. The molecular weight excluding hydrogens is 1250 g/mol. The summed E-state index contributed by atoms with van der Waals surface area (Å²) in [6.07, 6.45) is -2.76. The molecule has 4 N–H and O–H groups in total. The van der Waals surface area contributed by atoms with E-state index in [9.17, 15) is 51.5 Å². The van der Waals surface area contributed by atoms with Crippen LogP contribution >= 0.6 is 11.6 Å². The molecule has 2 aromatic carbocycles. The molecule has 26 heteroatoms. The Labute approximate surface area is 564 Å². The van der Waals surface area contributed by atoms with Crippen LogP contribution in [0.15, 0.2) is 48.5 Å². The Morgan fingerprint density at radius 3 is 1.60 bits per heavy atom. The minimum Gasteiger partial charge on any atom is -0.351 e. The summed E-state index contributed by atoms with van der Waals surface area (Å²) in [6.45, 7) is 16.6. The molecule has 8 atom stereocenters. The smallest absolute Gasteiger partial charge is 0.351 e. The van der Waals surface area contributed by atoms with E-state index >= 15 is 14.4 Å². The van der Waals surface area contributed by atoms with Crippen LogP contribution in [0, 0.1) is 29.6 Å². The number of nitrogens with zero attached hydrogens (tertiary/aromatic N) is 7. The van der Waals surface area contributed by atoms with Gasteiger partial charge in [-0.2, -0.15) is 13.2 Å². The van der Waals surface area contributed by atoms with Crippen molar-refractivity contribution in [3.63, 3.8) is 0 Å². The van der Waals surface area contributed by atoms with E-state index in [4.69, 9.17) is 11.6 Å². The maximum atomic E-state index is 15.3. The van der Waals surface area contributed by atoms with Crippen LogP contribution in [-0.2, 0) is 71.8 Å². The number of amides is 11. The highest BCUT2D eigenvalue weighted by Crippen LogP contribution is 2.34. The van der Waals surface area contributed by atoms with Crippen LogP contribution in [0.2, 0.25) is 5.02 Å². The standard InChI is InChI=1S/C69H105ClF3N11O11/c1-18-45(10)59-66(94)80(13)39-57(87)78(11)40-58(88)81(14)54(36-47-23-28-49(70)29-24-47)65(93)79(12)38-55(85)75-51(30-25-46-21-26-48(27-22-46)69(71,72)73)64(92)82(15)53(35-43(6)7)62(90)77-68(31-19-20-32-68)67(95)83(16)52(34-42(4)5)61(89)74-50(33-41(2)3)37-56(86)84(17)60(44(8)9)63(91)76-59/h21-24,26-29,41-45,50-54,59-60H,18-20,25,30-40H2,1-17H3,(H,74,89)(H,75,85)(H,76,91)(H,77,90)/t45-,50+,51-,52-,53-,54-,59-,60-/m0/s1. The van der Waals surface area contributed by atoms with Gasteiger partial charge in [0, 0.05) is 73.2 Å². The van der Waals surface area contributed by atoms with Crippen LogP contribution in [0.3, 0.4) is 0 Å². The fraction of sp³-hybridized carbons (Fsp3) is 0.667. The fourth-order valence-electron chi connectivity index (χ4n) is 12.4. The van der Waals surface area contributed by atoms with Gasteiger partial charge in [0.1, 0.15) is 41.8 Å². The molecule has 0 bridgehead atoms. The van der Waals surface area contributed by atoms with Gasteiger partial charge in [-0.1, -0.05) is 124 Å². The second kappa shape index (κ2) is 35.6. The average molecular weight is 1360 g/mol. The van der Waals surface area contributed by atoms with Crippen LogP contribution in [-0.4, -0.2) is 216 Å². The Hall–Kier alpha value is -7.31. The van der Waals surface area contributed by atoms with Crippen molar-refractivity contribution in [2.24, 2.45) is 29.6 Å². The van der Waals surface area contributed by atoms with Crippen LogP contribution in [0.25, 0.3) is 0 Å². The quantitative estimate of drug-likeness (QED) is 0.162. The fourth-order valence-corrected chi connectivity index (χ4v) is 12.6. The van der Waals surface area contributed by atoms with E-state index in [-0.39, 0.29) is 69.1 Å². The number of aryl methyl sites for hydroxylation is 1. The highest BCUT2D eigenvalue weighted by molar-refractivity contribution is 6.30. The molecule has 2 aliphatic rings. The molecule has 0 aromatic heterocycles. The molecule has 0 unspecified atom stereocenters. The second-order valence-corrected chi connectivity index (χ2v) is 28.3. The molecule has 1 saturated carbocycles. The zero-order valence-electron chi connectivity index (χ0n) is 58.8. The number of halogens is 4. The molecular formula is C69H105ClF3N11O11. The first kappa shape index (κ1) is 80.1. The zero-order valence-corrected chi connectivity index (χ0v) is 59.5. The predicted molar refractivity (Wildman–Crippen MR) is 356 cm³/mol. The highest BCUT2D eigenvalue weighted by Gasteiger charge is 2.49. The lowest BCUT2D eigenvalue weighted by atomic mass is 9.91. The van der Waals surface area contributed by atoms with Crippen LogP contribution < -0.4 is 21.3 Å². The van der Waals surface area contributed by atoms with Gasteiger partial charge in [0.15, 0.2) is 0 Å². The summed E-state index contributed by atoms with van der Waals surface area (Å²) < 4.78 is 41.0. The topological polar surface area (TPSA) is 259 Å². The number of alkyl halides is 3. The summed E-state index contributed by atoms with van der Waals surface area (Å²) in [4.78, 5) is 170. The van der Waals surface area contributed by atoms with Crippen LogP contribution in [0.5, 0.6) is 0 Å². The minimum absolute atomic E-state index is 0.0336. The van der Waals surface area contributed by atoms with Crippen LogP contribution in [0.4, 0.5) is 13.2 Å². The largest absolute Gasteiger partial charge is 0.416 e. The van der Waals surface area contributed by atoms with E-state index in [1.165, 1.54) is 76.2 Å². The second-order valence-electron chi connectivity index (χ2n) is 27.9. The van der Waals surface area contributed by atoms with Crippen molar-refractivity contribution in [3.8, 4) is 0 Å². The molecule has 4 rings (SSSR count). The number of carbonyl (C=O) groups is 11. The van der Waals surface area contributed by atoms with Gasteiger partial charge in [-0.05, 0) is 110 Å². The predicted octanol–water partition coefficient (Wildman–Crippen LogP) is 6.34. The summed E-state index contributed by atoms with van der Waals surface area (Å²) in [6, 6.07) is 2.62. The first-order valence-corrected chi connectivity index (χ1v) is 33.5. The van der Waals surface area contributed by atoms with Crippen molar-refractivity contribution < 1.29 is 65.9 Å². The van der Waals surface area contributed by atoms with Crippen molar-refractivity contribution in [3.05, 3.63) is 70.2 Å². The molecule has 530 valence electrons. The average Bonchev–Trinajstić information content (AvgIpc) is 1.78. The summed E-state index contributed by atoms with van der Waals surface area (Å²) in [5.41, 5.74) is -1.49. The minimum atomic E-state index is -4.63. The molecule has 1 heterocycles. The maximum Gasteiger partial charge on any atom is 0.416 e. The Kier molecular flexibility index (Phi) is 30.0. The molecule has 22 nitrogen and oxygen atoms in total. The van der Waals surface area contributed by atoms with Gasteiger partial charge >= 0.3 is 6.18 Å². The Balaban J connectivity index is 1.89. The maximum absolute atomic E-state index is 15.3. The van der Waals surface area contributed by atoms with Gasteiger partial charge < -0.3 is 55.6 Å². The van der Waals surface area contributed by atoms with Gasteiger partial charge in [-0.25, -0.2) is 0 Å². The molecule has 95 heavy (non-hydrogen) atoms. The van der Waals surface area contributed by atoms with Crippen molar-refractivity contribution in [1.29, 1.82) is 0 Å². The van der Waals surface area contributed by atoms with E-state index in [0.29, 0.717) is 41.8 Å². The lowest BCUT2D eigenvalue weighted by molar-refractivity contribution is -0.149. The molecule has 1 saturated heterocycles. The van der Waals surface area contributed by atoms with Crippen LogP contribution in [0.1, 0.15) is 150 Å². The first-order valence-electron chi connectivity index (χ1n) is 33.2. The molecule has 1 aliphatic heterocycles. The van der Waals surface area contributed by atoms with Crippen molar-refractivity contribution >= 4 is 76.6 Å². The molecule has 1 aliphatic carbocycles. The van der Waals surface area contributed by atoms with E-state index in [2.05, 4.69) is 21.3 Å². The zero-order chi connectivity index (χ0) is 71.7. The van der Waals surface area contributed by atoms with Gasteiger partial charge in [0.25, 0.3) is 0 Å². The highest BCUT2D eigenvalue weighted by atomic mass is 35.5. The van der Waals surface area contributed by atoms with E-state index in [1.54, 1.807) is 45.0 Å². The van der Waals surface area contributed by atoms with Gasteiger partial charge in [-0.3, -0.25) is 52.7 Å². The van der Waals surface area contributed by atoms with Crippen molar-refractivity contribution in [2.75, 3.05) is 69.0 Å². The van der Waals surface area contributed by atoms with Gasteiger partial charge in [0.2, 0.25) is 65.0 Å². The Morgan fingerprint density at radius 1 is 0.547 bits per heavy atom. The SMILES string of the molecule is CC[C@H](C)[C@@H]1NC(=O)[C@H](C(C)C)N(C)C(=O)C[C@@H](CC(C)C)NC(=O)[C@H](CC(C)C)N(C)C(=O)C2(CCCC2)NC(=O)[C@H](CC(C)C)N(C)C(=O)[C@H](CCc2ccc(C(F)(F)F)cc2)NC(=O)CN(C)C(=O)[C@H](Cc2ccc(Cl)cc2)N(C)C(=O)CN(C)C(=O)CN(C)C1=O. The monoisotopic (exact) mass is 1360 g/mol. The first-order chi connectivity index (χ1) is 44.2. The molecule has 2 aromatic rings. The molecule has 11 amide bonds. The number of carbonyl (C=O) groups excluding carboxylic acids is 11. The third-order valence-corrected chi connectivity index (χ3v) is 18.5. The number of likely N-dealkylation sites (N-methyl/N-ethyl adjacent to an activating group) is 7. The number of hydrogen-bond acceptors (Lipinski definition) is 11. The number of benzene rings is 2. The number of hydrogen-bond donors (Lipinski definition) is 4. The number of nitrogens with one attached hydrogen (secondary N) is 4. The summed E-state index contributed by atoms with van der Waals surface area (Å²) >= 11 is 6.22. The van der Waals surface area contributed by atoms with E-state index in [0.717, 1.165) is 31.7 Å². The van der Waals surface area contributed by atoms with Crippen molar-refractivity contribution in [2.45, 2.75) is 200 Å². The number of rotatable bonds is 14. The summed E-state index contributed by atoms with van der Waals surface area (Å²) in [5, 5.41) is 12.1. The lowest BCUT2D eigenvalue weighted by Crippen LogP contribution is -2.64. The summed E-state index contributed by atoms with van der Waals surface area (Å²) in [7, 11) is 9.76. The summed E-state index contributed by atoms with van der Waals surface area (Å²) in [5.74, 6) is -8.63. The normalized spacial score (nSPS) is 23.9. The van der Waals surface area contributed by atoms with E-state index < -0.39 is 156 Å². The van der Waals surface area contributed by atoms with Gasteiger partial charge in [0.05, 0.1) is 25.2 Å². The molecule has 2 fully saturated rings. The Morgan fingerprint density at radius 2 is 1.07 bits per heavy atom. The molecule has 1 spiro atoms. The van der Waals surface area contributed by atoms with Crippen molar-refractivity contribution in [1.82, 2.24) is 55.6 Å². The van der Waals surface area contributed by atoms with E-state index in [1.807, 2.05) is 48.5 Å².